The van der Waals surface area contributed by atoms with Crippen molar-refractivity contribution in [3.63, 3.8) is 0 Å². The van der Waals surface area contributed by atoms with E-state index in [4.69, 9.17) is 4.74 Å². The van der Waals surface area contributed by atoms with Gasteiger partial charge in [0.2, 0.25) is 5.88 Å². The summed E-state index contributed by atoms with van der Waals surface area (Å²) in [4.78, 5) is 8.04. The van der Waals surface area contributed by atoms with Gasteiger partial charge in [0, 0.05) is 13.1 Å². The lowest BCUT2D eigenvalue weighted by Gasteiger charge is -2.12. The van der Waals surface area contributed by atoms with Crippen LogP contribution in [0.15, 0.2) is 67.1 Å². The topological polar surface area (TPSA) is 52.3 Å². The molecular formula is C19H14F2N4O. The maximum absolute atomic E-state index is 13.3. The van der Waals surface area contributed by atoms with Crippen molar-refractivity contribution in [2.75, 3.05) is 0 Å². The molecule has 7 heteroatoms. The van der Waals surface area contributed by atoms with Crippen molar-refractivity contribution in [2.45, 2.75) is 12.8 Å². The maximum atomic E-state index is 13.3. The summed E-state index contributed by atoms with van der Waals surface area (Å²) in [6, 6.07) is 14.0. The lowest BCUT2D eigenvalue weighted by atomic mass is 10.1. The quantitative estimate of drug-likeness (QED) is 0.534. The first-order chi connectivity index (χ1) is 12.5. The van der Waals surface area contributed by atoms with Crippen LogP contribution in [-0.2, 0) is 5.92 Å². The molecule has 0 bridgehead atoms. The van der Waals surface area contributed by atoms with Gasteiger partial charge in [0.1, 0.15) is 11.4 Å². The minimum atomic E-state index is -3.00. The van der Waals surface area contributed by atoms with Crippen LogP contribution in [0.5, 0.6) is 11.6 Å². The van der Waals surface area contributed by atoms with Crippen LogP contribution in [-0.4, -0.2) is 19.6 Å². The van der Waals surface area contributed by atoms with Gasteiger partial charge in [-0.3, -0.25) is 4.98 Å². The van der Waals surface area contributed by atoms with Crippen molar-refractivity contribution >= 4 is 5.52 Å². The smallest absolute Gasteiger partial charge is 0.286 e. The van der Waals surface area contributed by atoms with Crippen LogP contribution in [0.4, 0.5) is 8.78 Å². The Kier molecular flexibility index (Phi) is 3.84. The lowest BCUT2D eigenvalue weighted by molar-refractivity contribution is 0.0127. The molecule has 0 aliphatic heterocycles. The molecule has 0 aromatic carbocycles. The van der Waals surface area contributed by atoms with E-state index in [1.54, 1.807) is 23.0 Å². The second-order valence-electron chi connectivity index (χ2n) is 5.80. The van der Waals surface area contributed by atoms with Crippen molar-refractivity contribution in [3.8, 4) is 22.9 Å². The molecule has 0 aliphatic carbocycles. The molecule has 4 aromatic heterocycles. The van der Waals surface area contributed by atoms with Crippen LogP contribution in [0.2, 0.25) is 0 Å². The van der Waals surface area contributed by atoms with E-state index < -0.39 is 5.92 Å². The van der Waals surface area contributed by atoms with Gasteiger partial charge in [-0.05, 0) is 42.5 Å². The molecule has 4 rings (SSSR count). The van der Waals surface area contributed by atoms with Gasteiger partial charge < -0.3 is 4.74 Å². The SMILES string of the molecule is CC(F)(F)c1ccc(Oc2ncccc2-c2cccc3ccnn23)cn1. The second-order valence-corrected chi connectivity index (χ2v) is 5.80. The molecule has 0 N–H and O–H groups in total. The summed E-state index contributed by atoms with van der Waals surface area (Å²) in [7, 11) is 0. The first-order valence-corrected chi connectivity index (χ1v) is 7.93. The van der Waals surface area contributed by atoms with Crippen LogP contribution >= 0.6 is 0 Å². The van der Waals surface area contributed by atoms with Crippen LogP contribution in [0.3, 0.4) is 0 Å². The van der Waals surface area contributed by atoms with Crippen molar-refractivity contribution in [3.05, 3.63) is 72.8 Å². The second kappa shape index (κ2) is 6.18. The minimum absolute atomic E-state index is 0.313. The monoisotopic (exact) mass is 352 g/mol. The fourth-order valence-electron chi connectivity index (χ4n) is 2.63. The van der Waals surface area contributed by atoms with Crippen molar-refractivity contribution in [2.24, 2.45) is 0 Å². The average Bonchev–Trinajstić information content (AvgIpc) is 3.11. The Morgan fingerprint density at radius 1 is 0.962 bits per heavy atom. The Bertz CT molecular complexity index is 1060. The number of pyridine rings is 3. The van der Waals surface area contributed by atoms with E-state index in [1.807, 2.05) is 30.3 Å². The third-order valence-electron chi connectivity index (χ3n) is 3.87. The Morgan fingerprint density at radius 3 is 2.62 bits per heavy atom. The highest BCUT2D eigenvalue weighted by molar-refractivity contribution is 5.68. The molecule has 26 heavy (non-hydrogen) atoms. The molecule has 0 aliphatic rings. The first kappa shape index (κ1) is 16.1. The van der Waals surface area contributed by atoms with E-state index in [-0.39, 0.29) is 5.69 Å². The minimum Gasteiger partial charge on any atom is -0.437 e. The molecule has 0 atom stereocenters. The predicted molar refractivity (Wildman–Crippen MR) is 92.3 cm³/mol. The molecule has 0 saturated carbocycles. The summed E-state index contributed by atoms with van der Waals surface area (Å²) in [6.07, 6.45) is 4.58. The summed E-state index contributed by atoms with van der Waals surface area (Å²) < 4.78 is 34.2. The highest BCUT2D eigenvalue weighted by Crippen LogP contribution is 2.32. The first-order valence-electron chi connectivity index (χ1n) is 7.93. The Hall–Kier alpha value is -3.35. The third-order valence-corrected chi connectivity index (χ3v) is 3.87. The standard InChI is InChI=1S/C19H14F2N4O/c1-19(20,21)17-8-7-14(12-23-17)26-18-15(5-3-10-22-18)16-6-2-4-13-9-11-24-25(13)16/h2-12H,1H3. The van der Waals surface area contributed by atoms with Gasteiger partial charge in [-0.25, -0.2) is 9.50 Å². The van der Waals surface area contributed by atoms with E-state index >= 15 is 0 Å². The zero-order chi connectivity index (χ0) is 18.1. The lowest BCUT2D eigenvalue weighted by Crippen LogP contribution is -2.09. The maximum Gasteiger partial charge on any atom is 0.286 e. The molecule has 4 heterocycles. The fourth-order valence-corrected chi connectivity index (χ4v) is 2.63. The van der Waals surface area contributed by atoms with Gasteiger partial charge in [0.15, 0.2) is 0 Å². The van der Waals surface area contributed by atoms with E-state index in [0.717, 1.165) is 23.7 Å². The molecule has 0 saturated heterocycles. The summed E-state index contributed by atoms with van der Waals surface area (Å²) in [5.41, 5.74) is 2.16. The molecule has 0 fully saturated rings. The number of halogens is 2. The summed E-state index contributed by atoms with van der Waals surface area (Å²) in [5, 5.41) is 4.32. The number of nitrogens with zero attached hydrogens (tertiary/aromatic N) is 4. The number of rotatable bonds is 4. The summed E-state index contributed by atoms with van der Waals surface area (Å²) >= 11 is 0. The zero-order valence-corrected chi connectivity index (χ0v) is 13.8. The molecule has 4 aromatic rings. The van der Waals surface area contributed by atoms with Gasteiger partial charge in [0.25, 0.3) is 5.92 Å². The van der Waals surface area contributed by atoms with Gasteiger partial charge in [-0.15, -0.1) is 0 Å². The van der Waals surface area contributed by atoms with E-state index in [9.17, 15) is 8.78 Å². The van der Waals surface area contributed by atoms with E-state index in [0.29, 0.717) is 11.6 Å². The molecule has 5 nitrogen and oxygen atoms in total. The number of aromatic nitrogens is 4. The van der Waals surface area contributed by atoms with E-state index in [1.165, 1.54) is 18.3 Å². The molecule has 130 valence electrons. The Balaban J connectivity index is 1.72. The normalized spacial score (nSPS) is 11.7. The molecule has 0 radical (unpaired) electrons. The Labute approximate surface area is 147 Å². The van der Waals surface area contributed by atoms with Gasteiger partial charge >= 0.3 is 0 Å². The molecule has 0 unspecified atom stereocenters. The Morgan fingerprint density at radius 2 is 1.85 bits per heavy atom. The fraction of sp³-hybridized carbons (Fsp3) is 0.105. The summed E-state index contributed by atoms with van der Waals surface area (Å²) in [6.45, 7) is 0.803. The number of hydrogen-bond donors (Lipinski definition) is 0. The van der Waals surface area contributed by atoms with Gasteiger partial charge in [-0.2, -0.15) is 13.9 Å². The highest BCUT2D eigenvalue weighted by atomic mass is 19.3. The molecule has 0 spiro atoms. The van der Waals surface area contributed by atoms with Crippen molar-refractivity contribution in [1.29, 1.82) is 0 Å². The molecule has 0 amide bonds. The number of ether oxygens (including phenoxy) is 1. The number of alkyl halides is 2. The average molecular weight is 352 g/mol. The van der Waals surface area contributed by atoms with Crippen LogP contribution in [0, 0.1) is 0 Å². The molecular weight excluding hydrogens is 338 g/mol. The predicted octanol–water partition coefficient (Wildman–Crippen LogP) is 4.70. The third kappa shape index (κ3) is 2.99. The van der Waals surface area contributed by atoms with Crippen molar-refractivity contribution in [1.82, 2.24) is 19.6 Å². The van der Waals surface area contributed by atoms with Crippen molar-refractivity contribution < 1.29 is 13.5 Å². The summed E-state index contributed by atoms with van der Waals surface area (Å²) in [5.74, 6) is -2.33. The highest BCUT2D eigenvalue weighted by Gasteiger charge is 2.25. The van der Waals surface area contributed by atoms with Crippen LogP contribution in [0.25, 0.3) is 16.8 Å². The van der Waals surface area contributed by atoms with Crippen LogP contribution in [0.1, 0.15) is 12.6 Å². The van der Waals surface area contributed by atoms with Gasteiger partial charge in [0.05, 0.1) is 29.2 Å². The van der Waals surface area contributed by atoms with Crippen LogP contribution < -0.4 is 4.74 Å². The number of fused-ring (bicyclic) bond motifs is 1. The number of hydrogen-bond acceptors (Lipinski definition) is 4. The van der Waals surface area contributed by atoms with E-state index in [2.05, 4.69) is 15.1 Å². The zero-order valence-electron chi connectivity index (χ0n) is 13.8. The largest absolute Gasteiger partial charge is 0.437 e. The van der Waals surface area contributed by atoms with Gasteiger partial charge in [-0.1, -0.05) is 6.07 Å².